The minimum Gasteiger partial charge on any atom is -0.425 e. The SMILES string of the molecule is CC(OC(=O)C(C)C#N)OC(=O)C(C)(C)C. The highest BCUT2D eigenvalue weighted by atomic mass is 16.7. The summed E-state index contributed by atoms with van der Waals surface area (Å²) in [7, 11) is 0. The van der Waals surface area contributed by atoms with Crippen LogP contribution in [-0.4, -0.2) is 18.2 Å². The van der Waals surface area contributed by atoms with E-state index in [1.165, 1.54) is 13.8 Å². The number of carbonyl (C=O) groups excluding carboxylic acids is 2. The normalized spacial score (nSPS) is 14.5. The topological polar surface area (TPSA) is 76.4 Å². The molecule has 0 aliphatic carbocycles. The van der Waals surface area contributed by atoms with Gasteiger partial charge in [-0.15, -0.1) is 0 Å². The molecule has 0 saturated heterocycles. The highest BCUT2D eigenvalue weighted by molar-refractivity contribution is 5.76. The maximum absolute atomic E-state index is 11.4. The maximum Gasteiger partial charge on any atom is 0.326 e. The van der Waals surface area contributed by atoms with Gasteiger partial charge in [-0.3, -0.25) is 9.59 Å². The molecule has 90 valence electrons. The second-order valence-electron chi connectivity index (χ2n) is 4.51. The number of nitriles is 1. The number of carbonyl (C=O) groups is 2. The Morgan fingerprint density at radius 1 is 1.19 bits per heavy atom. The second kappa shape index (κ2) is 5.50. The van der Waals surface area contributed by atoms with Gasteiger partial charge in [-0.05, 0) is 27.7 Å². The molecule has 5 heteroatoms. The highest BCUT2D eigenvalue weighted by Crippen LogP contribution is 2.16. The van der Waals surface area contributed by atoms with E-state index in [0.29, 0.717) is 0 Å². The minimum atomic E-state index is -0.977. The largest absolute Gasteiger partial charge is 0.425 e. The first kappa shape index (κ1) is 14.4. The molecule has 5 nitrogen and oxygen atoms in total. The Labute approximate surface area is 95.3 Å². The van der Waals surface area contributed by atoms with E-state index in [1.807, 2.05) is 0 Å². The van der Waals surface area contributed by atoms with E-state index in [0.717, 1.165) is 0 Å². The van der Waals surface area contributed by atoms with Crippen LogP contribution in [0.1, 0.15) is 34.6 Å². The number of rotatable bonds is 3. The van der Waals surface area contributed by atoms with Crippen LogP contribution in [0.15, 0.2) is 0 Å². The molecule has 0 rings (SSSR count). The van der Waals surface area contributed by atoms with Gasteiger partial charge in [-0.1, -0.05) is 0 Å². The summed E-state index contributed by atoms with van der Waals surface area (Å²) in [4.78, 5) is 22.6. The number of nitrogens with zero attached hydrogens (tertiary/aromatic N) is 1. The molecule has 0 fully saturated rings. The number of hydrogen-bond acceptors (Lipinski definition) is 5. The molecule has 0 amide bonds. The first-order valence-electron chi connectivity index (χ1n) is 4.99. The third kappa shape index (κ3) is 4.78. The molecule has 2 unspecified atom stereocenters. The number of ether oxygens (including phenoxy) is 2. The summed E-state index contributed by atoms with van der Waals surface area (Å²) < 4.78 is 9.65. The summed E-state index contributed by atoms with van der Waals surface area (Å²) in [5.74, 6) is -2.02. The molecule has 0 N–H and O–H groups in total. The predicted octanol–water partition coefficient (Wildman–Crippen LogP) is 1.62. The summed E-state index contributed by atoms with van der Waals surface area (Å²) in [6.07, 6.45) is -0.977. The van der Waals surface area contributed by atoms with Crippen molar-refractivity contribution in [3.8, 4) is 6.07 Å². The molecule has 0 heterocycles. The smallest absolute Gasteiger partial charge is 0.326 e. The summed E-state index contributed by atoms with van der Waals surface area (Å²) in [5.41, 5.74) is -0.651. The lowest BCUT2D eigenvalue weighted by Crippen LogP contribution is -2.30. The van der Waals surface area contributed by atoms with Crippen molar-refractivity contribution in [2.45, 2.75) is 40.9 Å². The van der Waals surface area contributed by atoms with Gasteiger partial charge in [0.15, 0.2) is 0 Å². The van der Waals surface area contributed by atoms with E-state index in [4.69, 9.17) is 14.7 Å². The van der Waals surface area contributed by atoms with Crippen molar-refractivity contribution in [1.29, 1.82) is 5.26 Å². The van der Waals surface area contributed by atoms with Crippen molar-refractivity contribution in [2.24, 2.45) is 11.3 Å². The van der Waals surface area contributed by atoms with Crippen LogP contribution in [0.2, 0.25) is 0 Å². The fourth-order valence-corrected chi connectivity index (χ4v) is 0.670. The van der Waals surface area contributed by atoms with Gasteiger partial charge in [-0.2, -0.15) is 5.26 Å². The average molecular weight is 227 g/mol. The molecular weight excluding hydrogens is 210 g/mol. The Bertz CT molecular complexity index is 311. The molecule has 2 atom stereocenters. The van der Waals surface area contributed by atoms with Crippen molar-refractivity contribution in [2.75, 3.05) is 0 Å². The predicted molar refractivity (Wildman–Crippen MR) is 55.9 cm³/mol. The van der Waals surface area contributed by atoms with E-state index in [2.05, 4.69) is 0 Å². The second-order valence-corrected chi connectivity index (χ2v) is 4.51. The Hall–Kier alpha value is -1.57. The van der Waals surface area contributed by atoms with Crippen molar-refractivity contribution < 1.29 is 19.1 Å². The molecule has 0 aromatic heterocycles. The molecule has 0 aromatic rings. The molecule has 0 spiro atoms. The molecular formula is C11H17NO4. The van der Waals surface area contributed by atoms with Gasteiger partial charge in [-0.25, -0.2) is 0 Å². The summed E-state index contributed by atoms with van der Waals surface area (Å²) in [6.45, 7) is 7.94. The molecule has 0 saturated carbocycles. The van der Waals surface area contributed by atoms with Crippen molar-refractivity contribution in [3.05, 3.63) is 0 Å². The first-order chi connectivity index (χ1) is 7.18. The van der Waals surface area contributed by atoms with Crippen molar-refractivity contribution in [3.63, 3.8) is 0 Å². The van der Waals surface area contributed by atoms with Crippen LogP contribution in [0.4, 0.5) is 0 Å². The standard InChI is InChI=1S/C11H17NO4/c1-7(6-12)9(13)15-8(2)16-10(14)11(3,4)5/h7-8H,1-5H3. The van der Waals surface area contributed by atoms with E-state index in [1.54, 1.807) is 26.8 Å². The Balaban J connectivity index is 4.21. The van der Waals surface area contributed by atoms with Gasteiger partial charge in [0.05, 0.1) is 11.5 Å². The van der Waals surface area contributed by atoms with Gasteiger partial charge in [0.1, 0.15) is 5.92 Å². The lowest BCUT2D eigenvalue weighted by molar-refractivity contribution is -0.191. The van der Waals surface area contributed by atoms with E-state index < -0.39 is 29.6 Å². The molecule has 0 bridgehead atoms. The van der Waals surface area contributed by atoms with Crippen molar-refractivity contribution >= 4 is 11.9 Å². The van der Waals surface area contributed by atoms with Crippen molar-refractivity contribution in [1.82, 2.24) is 0 Å². The molecule has 0 aliphatic rings. The van der Waals surface area contributed by atoms with Gasteiger partial charge in [0, 0.05) is 6.92 Å². The Morgan fingerprint density at radius 3 is 2.06 bits per heavy atom. The fourth-order valence-electron chi connectivity index (χ4n) is 0.670. The number of esters is 2. The average Bonchev–Trinajstić information content (AvgIpc) is 2.14. The van der Waals surface area contributed by atoms with Crippen LogP contribution in [-0.2, 0) is 19.1 Å². The third-order valence-electron chi connectivity index (χ3n) is 1.71. The van der Waals surface area contributed by atoms with Gasteiger partial charge in [0.25, 0.3) is 0 Å². The van der Waals surface area contributed by atoms with Crippen LogP contribution in [0.25, 0.3) is 0 Å². The summed E-state index contributed by atoms with van der Waals surface area (Å²) in [5, 5.41) is 8.47. The molecule has 16 heavy (non-hydrogen) atoms. The van der Waals surface area contributed by atoms with E-state index in [-0.39, 0.29) is 0 Å². The van der Waals surface area contributed by atoms with Crippen LogP contribution in [0.3, 0.4) is 0 Å². The molecule has 0 aromatic carbocycles. The first-order valence-corrected chi connectivity index (χ1v) is 4.99. The molecule has 0 radical (unpaired) electrons. The maximum atomic E-state index is 11.4. The fraction of sp³-hybridized carbons (Fsp3) is 0.727. The Morgan fingerprint density at radius 2 is 1.69 bits per heavy atom. The minimum absolute atomic E-state index is 0.461. The third-order valence-corrected chi connectivity index (χ3v) is 1.71. The van der Waals surface area contributed by atoms with Crippen LogP contribution in [0, 0.1) is 22.7 Å². The number of hydrogen-bond donors (Lipinski definition) is 0. The van der Waals surface area contributed by atoms with E-state index in [9.17, 15) is 9.59 Å². The summed E-state index contributed by atoms with van der Waals surface area (Å²) >= 11 is 0. The Kier molecular flexibility index (Phi) is 4.96. The highest BCUT2D eigenvalue weighted by Gasteiger charge is 2.26. The lowest BCUT2D eigenvalue weighted by Gasteiger charge is -2.20. The van der Waals surface area contributed by atoms with Gasteiger partial charge in [0.2, 0.25) is 6.29 Å². The summed E-state index contributed by atoms with van der Waals surface area (Å²) in [6, 6.07) is 1.74. The zero-order valence-corrected chi connectivity index (χ0v) is 10.2. The van der Waals surface area contributed by atoms with Crippen LogP contribution < -0.4 is 0 Å². The van der Waals surface area contributed by atoms with Gasteiger partial charge < -0.3 is 9.47 Å². The van der Waals surface area contributed by atoms with Crippen LogP contribution in [0.5, 0.6) is 0 Å². The lowest BCUT2D eigenvalue weighted by atomic mass is 9.97. The van der Waals surface area contributed by atoms with Gasteiger partial charge >= 0.3 is 11.9 Å². The van der Waals surface area contributed by atoms with Crippen LogP contribution >= 0.6 is 0 Å². The van der Waals surface area contributed by atoms with E-state index >= 15 is 0 Å². The molecule has 0 aliphatic heterocycles. The monoisotopic (exact) mass is 227 g/mol. The quantitative estimate of drug-likeness (QED) is 0.541. The zero-order valence-electron chi connectivity index (χ0n) is 10.2. The zero-order chi connectivity index (χ0) is 12.9.